The number of rotatable bonds is 7. The van der Waals surface area contributed by atoms with Crippen molar-refractivity contribution in [1.29, 1.82) is 0 Å². The summed E-state index contributed by atoms with van der Waals surface area (Å²) >= 11 is 0. The fourth-order valence-corrected chi connectivity index (χ4v) is 5.30. The van der Waals surface area contributed by atoms with Crippen LogP contribution in [0.3, 0.4) is 0 Å². The molecular formula is C24H31FO5. The Morgan fingerprint density at radius 3 is 2.53 bits per heavy atom. The van der Waals surface area contributed by atoms with Gasteiger partial charge in [-0.3, -0.25) is 0 Å². The summed E-state index contributed by atoms with van der Waals surface area (Å²) in [7, 11) is 0. The molecule has 1 aliphatic heterocycles. The quantitative estimate of drug-likeness (QED) is 0.594. The second-order valence-electron chi connectivity index (χ2n) is 10.0. The Morgan fingerprint density at radius 1 is 1.20 bits per heavy atom. The highest BCUT2D eigenvalue weighted by atomic mass is 19.1. The maximum Gasteiger partial charge on any atom is 0.341 e. The second-order valence-corrected chi connectivity index (χ2v) is 10.0. The largest absolute Gasteiger partial charge is 0.493 e. The van der Waals surface area contributed by atoms with Crippen LogP contribution in [0.1, 0.15) is 74.2 Å². The molecule has 0 N–H and O–H groups in total. The molecule has 1 aromatic rings. The molecular weight excluding hydrogens is 387 g/mol. The molecule has 1 aromatic carbocycles. The first-order chi connectivity index (χ1) is 14.4. The Balaban J connectivity index is 1.27. The van der Waals surface area contributed by atoms with Gasteiger partial charge in [-0.05, 0) is 55.6 Å². The van der Waals surface area contributed by atoms with Gasteiger partial charge in [0, 0.05) is 23.8 Å². The zero-order chi connectivity index (χ0) is 20.9. The van der Waals surface area contributed by atoms with Crippen molar-refractivity contribution in [3.8, 4) is 5.75 Å². The molecule has 5 nitrogen and oxygen atoms in total. The number of hydrogen-bond acceptors (Lipinski definition) is 5. The van der Waals surface area contributed by atoms with E-state index in [1.54, 1.807) is 6.07 Å². The van der Waals surface area contributed by atoms with E-state index in [9.17, 15) is 9.18 Å². The molecule has 0 amide bonds. The Hall–Kier alpha value is -1.66. The molecule has 0 atom stereocenters. The number of fused-ring (bicyclic) bond motifs is 1. The smallest absolute Gasteiger partial charge is 0.341 e. The first kappa shape index (κ1) is 20.3. The van der Waals surface area contributed by atoms with E-state index in [-0.39, 0.29) is 29.3 Å². The van der Waals surface area contributed by atoms with Gasteiger partial charge in [-0.1, -0.05) is 13.8 Å². The molecule has 4 aliphatic carbocycles. The molecule has 164 valence electrons. The predicted molar refractivity (Wildman–Crippen MR) is 108 cm³/mol. The zero-order valence-corrected chi connectivity index (χ0v) is 17.9. The lowest BCUT2D eigenvalue weighted by Crippen LogP contribution is -2.58. The van der Waals surface area contributed by atoms with E-state index in [0.29, 0.717) is 37.4 Å². The molecule has 6 rings (SSSR count). The summed E-state index contributed by atoms with van der Waals surface area (Å²) in [5, 5.41) is 0. The summed E-state index contributed by atoms with van der Waals surface area (Å²) in [5.74, 6) is 0.0654. The molecule has 5 aliphatic rings. The van der Waals surface area contributed by atoms with Crippen molar-refractivity contribution >= 4 is 5.97 Å². The third-order valence-corrected chi connectivity index (χ3v) is 7.18. The van der Waals surface area contributed by atoms with Crippen molar-refractivity contribution in [3.05, 3.63) is 29.1 Å². The van der Waals surface area contributed by atoms with Crippen LogP contribution in [-0.4, -0.2) is 38.2 Å². The van der Waals surface area contributed by atoms with Gasteiger partial charge in [-0.2, -0.15) is 0 Å². The SMILES string of the molecule is CC(C)COC(=O)c1cc(C2CC2)c(OCC23CCC4(OCCO4)C(C2)C3)cc1F. The van der Waals surface area contributed by atoms with Crippen LogP contribution in [0.15, 0.2) is 12.1 Å². The van der Waals surface area contributed by atoms with Crippen LogP contribution in [0, 0.1) is 23.1 Å². The second kappa shape index (κ2) is 7.49. The van der Waals surface area contributed by atoms with E-state index in [0.717, 1.165) is 44.1 Å². The van der Waals surface area contributed by atoms with Gasteiger partial charge in [0.15, 0.2) is 5.79 Å². The first-order valence-corrected chi connectivity index (χ1v) is 11.3. The third kappa shape index (κ3) is 3.62. The molecule has 6 heteroatoms. The van der Waals surface area contributed by atoms with Gasteiger partial charge in [0.05, 0.1) is 32.0 Å². The number of carbonyl (C=O) groups is 1. The lowest BCUT2D eigenvalue weighted by molar-refractivity contribution is -0.277. The number of benzene rings is 1. The minimum absolute atomic E-state index is 0.0157. The fourth-order valence-electron chi connectivity index (χ4n) is 5.30. The minimum Gasteiger partial charge on any atom is -0.493 e. The minimum atomic E-state index is -0.593. The van der Waals surface area contributed by atoms with Crippen LogP contribution < -0.4 is 4.74 Å². The highest BCUT2D eigenvalue weighted by Crippen LogP contribution is 2.62. The first-order valence-electron chi connectivity index (χ1n) is 11.3. The van der Waals surface area contributed by atoms with Crippen LogP contribution >= 0.6 is 0 Å². The topological polar surface area (TPSA) is 54.0 Å². The van der Waals surface area contributed by atoms with Crippen LogP contribution in [0.5, 0.6) is 5.75 Å². The highest BCUT2D eigenvalue weighted by Gasteiger charge is 2.61. The Kier molecular flexibility index (Phi) is 5.05. The maximum atomic E-state index is 14.7. The van der Waals surface area contributed by atoms with E-state index in [1.165, 1.54) is 6.07 Å². The van der Waals surface area contributed by atoms with E-state index >= 15 is 0 Å². The number of halogens is 1. The number of esters is 1. The normalized spacial score (nSPS) is 29.1. The molecule has 1 heterocycles. The summed E-state index contributed by atoms with van der Waals surface area (Å²) in [4.78, 5) is 12.3. The van der Waals surface area contributed by atoms with Crippen molar-refractivity contribution in [2.24, 2.45) is 17.3 Å². The monoisotopic (exact) mass is 418 g/mol. The van der Waals surface area contributed by atoms with E-state index in [4.69, 9.17) is 18.9 Å². The highest BCUT2D eigenvalue weighted by molar-refractivity contribution is 5.90. The zero-order valence-electron chi connectivity index (χ0n) is 17.9. The van der Waals surface area contributed by atoms with Crippen LogP contribution in [0.2, 0.25) is 0 Å². The number of carbonyl (C=O) groups excluding carboxylic acids is 1. The van der Waals surface area contributed by atoms with Crippen molar-refractivity contribution < 1.29 is 28.1 Å². The molecule has 1 spiro atoms. The van der Waals surface area contributed by atoms with E-state index in [2.05, 4.69) is 0 Å². The average molecular weight is 419 g/mol. The molecule has 0 unspecified atom stereocenters. The Morgan fingerprint density at radius 2 is 1.93 bits per heavy atom. The fraction of sp³-hybridized carbons (Fsp3) is 0.708. The van der Waals surface area contributed by atoms with Gasteiger partial charge in [0.1, 0.15) is 11.6 Å². The molecule has 4 saturated carbocycles. The maximum absolute atomic E-state index is 14.7. The van der Waals surface area contributed by atoms with Crippen LogP contribution in [0.4, 0.5) is 4.39 Å². The summed E-state index contributed by atoms with van der Waals surface area (Å²) in [6.45, 7) is 6.16. The van der Waals surface area contributed by atoms with Gasteiger partial charge in [-0.25, -0.2) is 9.18 Å². The van der Waals surface area contributed by atoms with Gasteiger partial charge in [0.2, 0.25) is 0 Å². The van der Waals surface area contributed by atoms with Gasteiger partial charge >= 0.3 is 5.97 Å². The van der Waals surface area contributed by atoms with Crippen LogP contribution in [0.25, 0.3) is 0 Å². The predicted octanol–water partition coefficient (Wildman–Crippen LogP) is 4.83. The summed E-state index contributed by atoms with van der Waals surface area (Å²) < 4.78 is 38.1. The molecule has 30 heavy (non-hydrogen) atoms. The Bertz CT molecular complexity index is 814. The molecule has 1 saturated heterocycles. The van der Waals surface area contributed by atoms with Gasteiger partial charge in [-0.15, -0.1) is 0 Å². The Labute approximate surface area is 177 Å². The average Bonchev–Trinajstić information content (AvgIpc) is 3.44. The van der Waals surface area contributed by atoms with Gasteiger partial charge in [0.25, 0.3) is 0 Å². The van der Waals surface area contributed by atoms with Gasteiger partial charge < -0.3 is 18.9 Å². The summed E-state index contributed by atoms with van der Waals surface area (Å²) in [5.41, 5.74) is 1.09. The van der Waals surface area contributed by atoms with Crippen LogP contribution in [-0.2, 0) is 14.2 Å². The molecule has 2 bridgehead atoms. The summed E-state index contributed by atoms with van der Waals surface area (Å²) in [6, 6.07) is 3.04. The van der Waals surface area contributed by atoms with Crippen molar-refractivity contribution in [3.63, 3.8) is 0 Å². The lowest BCUT2D eigenvalue weighted by Gasteiger charge is -2.58. The lowest BCUT2D eigenvalue weighted by atomic mass is 9.52. The van der Waals surface area contributed by atoms with E-state index in [1.807, 2.05) is 13.8 Å². The molecule has 5 fully saturated rings. The van der Waals surface area contributed by atoms with E-state index < -0.39 is 11.8 Å². The van der Waals surface area contributed by atoms with Crippen molar-refractivity contribution in [1.82, 2.24) is 0 Å². The van der Waals surface area contributed by atoms with Crippen molar-refractivity contribution in [2.75, 3.05) is 26.4 Å². The summed E-state index contributed by atoms with van der Waals surface area (Å²) in [6.07, 6.45) is 6.08. The third-order valence-electron chi connectivity index (χ3n) is 7.18. The van der Waals surface area contributed by atoms with Crippen molar-refractivity contribution in [2.45, 2.75) is 64.1 Å². The number of hydrogen-bond donors (Lipinski definition) is 0. The standard InChI is InChI=1S/C24H31FO5/c1-15(2)13-27-22(26)19-9-18(16-3-4-16)21(10-20(19)25)28-14-23-5-6-24(17(11-23)12-23)29-7-8-30-24/h9-10,15-17H,3-8,11-14H2,1-2H3. The molecule has 0 aromatic heterocycles. The number of ether oxygens (including phenoxy) is 4. The molecule has 0 radical (unpaired) electrons.